The molecule has 3 rings (SSSR count). The van der Waals surface area contributed by atoms with Crippen LogP contribution in [0.4, 0.5) is 5.13 Å². The number of hydrogen-bond donors (Lipinski definition) is 1. The van der Waals surface area contributed by atoms with Crippen molar-refractivity contribution in [3.05, 3.63) is 69.1 Å². The molecule has 6 nitrogen and oxygen atoms in total. The minimum absolute atomic E-state index is 0.266. The van der Waals surface area contributed by atoms with E-state index < -0.39 is 0 Å². The Balaban J connectivity index is 1.64. The van der Waals surface area contributed by atoms with Crippen molar-refractivity contribution in [1.82, 2.24) is 10.2 Å². The summed E-state index contributed by atoms with van der Waals surface area (Å²) in [5.74, 6) is 0.925. The Morgan fingerprint density at radius 1 is 1.23 bits per heavy atom. The van der Waals surface area contributed by atoms with Gasteiger partial charge in [-0.05, 0) is 51.7 Å². The third-order valence-electron chi connectivity index (χ3n) is 4.35. The molecule has 31 heavy (non-hydrogen) atoms. The summed E-state index contributed by atoms with van der Waals surface area (Å²) in [6, 6.07) is 13.6. The molecule has 0 aliphatic carbocycles. The lowest BCUT2D eigenvalue weighted by Gasteiger charge is -2.13. The van der Waals surface area contributed by atoms with Crippen LogP contribution in [0.1, 0.15) is 35.9 Å². The second-order valence-electron chi connectivity index (χ2n) is 6.74. The molecule has 0 saturated heterocycles. The van der Waals surface area contributed by atoms with Gasteiger partial charge in [-0.15, -0.1) is 10.2 Å². The maximum Gasteiger partial charge on any atom is 0.250 e. The van der Waals surface area contributed by atoms with Gasteiger partial charge < -0.3 is 9.47 Å². The van der Waals surface area contributed by atoms with Gasteiger partial charge in [0, 0.05) is 12.5 Å². The number of rotatable bonds is 10. The van der Waals surface area contributed by atoms with E-state index in [2.05, 4.69) is 38.4 Å². The number of aromatic nitrogens is 2. The van der Waals surface area contributed by atoms with E-state index in [0.29, 0.717) is 23.2 Å². The van der Waals surface area contributed by atoms with E-state index in [0.717, 1.165) is 39.9 Å². The topological polar surface area (TPSA) is 73.3 Å². The molecule has 0 unspecified atom stereocenters. The van der Waals surface area contributed by atoms with Crippen LogP contribution in [0.25, 0.3) is 6.08 Å². The summed E-state index contributed by atoms with van der Waals surface area (Å²) in [6.45, 7) is 2.55. The highest BCUT2D eigenvalue weighted by Gasteiger charge is 2.12. The lowest BCUT2D eigenvalue weighted by molar-refractivity contribution is -0.111. The highest BCUT2D eigenvalue weighted by atomic mass is 79.9. The molecule has 0 bridgehead atoms. The Labute approximate surface area is 194 Å². The van der Waals surface area contributed by atoms with E-state index in [9.17, 15) is 4.79 Å². The van der Waals surface area contributed by atoms with E-state index >= 15 is 0 Å². The van der Waals surface area contributed by atoms with E-state index in [1.54, 1.807) is 13.2 Å². The van der Waals surface area contributed by atoms with Crippen molar-refractivity contribution in [2.75, 3.05) is 12.4 Å². The average Bonchev–Trinajstić information content (AvgIpc) is 3.23. The quantitative estimate of drug-likeness (QED) is 0.351. The van der Waals surface area contributed by atoms with E-state index in [-0.39, 0.29) is 5.91 Å². The molecule has 0 radical (unpaired) electrons. The summed E-state index contributed by atoms with van der Waals surface area (Å²) >= 11 is 4.95. The van der Waals surface area contributed by atoms with Crippen molar-refractivity contribution in [2.45, 2.75) is 32.8 Å². The fraction of sp³-hybridized carbons (Fsp3) is 0.261. The zero-order chi connectivity index (χ0) is 22.1. The van der Waals surface area contributed by atoms with Crippen LogP contribution in [0.5, 0.6) is 11.5 Å². The molecule has 1 heterocycles. The number of aryl methyl sites for hydroxylation is 1. The first-order chi connectivity index (χ1) is 15.1. The van der Waals surface area contributed by atoms with Crippen LogP contribution in [0.3, 0.4) is 0 Å². The van der Waals surface area contributed by atoms with Crippen LogP contribution in [0.2, 0.25) is 0 Å². The first-order valence-corrected chi connectivity index (χ1v) is 11.6. The van der Waals surface area contributed by atoms with Crippen molar-refractivity contribution in [3.63, 3.8) is 0 Å². The van der Waals surface area contributed by atoms with Crippen molar-refractivity contribution in [1.29, 1.82) is 0 Å². The van der Waals surface area contributed by atoms with Crippen LogP contribution in [0.15, 0.2) is 53.0 Å². The number of ether oxygens (including phenoxy) is 2. The molecular formula is C23H24BrN3O3S. The number of carbonyl (C=O) groups excluding carboxylic acids is 1. The second kappa shape index (κ2) is 11.6. The number of nitrogens with zero attached hydrogens (tertiary/aromatic N) is 2. The van der Waals surface area contributed by atoms with Gasteiger partial charge in [0.05, 0.1) is 11.6 Å². The largest absolute Gasteiger partial charge is 0.493 e. The molecule has 0 fully saturated rings. The SMILES string of the molecule is CCCCc1nnc(NC(=O)/C=C/c2cc(Br)c(OCc3ccccc3)c(OC)c2)s1. The first-order valence-electron chi connectivity index (χ1n) is 9.94. The Morgan fingerprint density at radius 2 is 2.03 bits per heavy atom. The zero-order valence-electron chi connectivity index (χ0n) is 17.4. The standard InChI is InChI=1S/C23H24BrN3O3S/c1-3-4-10-21-26-27-23(31-21)25-20(28)12-11-17-13-18(24)22(19(14-17)29-2)30-15-16-8-6-5-7-9-16/h5-9,11-14H,3-4,10,15H2,1-2H3,(H,25,27,28)/b12-11+. The van der Waals surface area contributed by atoms with Crippen molar-refractivity contribution >= 4 is 44.4 Å². The van der Waals surface area contributed by atoms with Crippen LogP contribution >= 0.6 is 27.3 Å². The molecule has 2 aromatic carbocycles. The monoisotopic (exact) mass is 501 g/mol. The van der Waals surface area contributed by atoms with Crippen LogP contribution in [-0.4, -0.2) is 23.2 Å². The molecule has 3 aromatic rings. The smallest absolute Gasteiger partial charge is 0.250 e. The Kier molecular flexibility index (Phi) is 8.61. The maximum atomic E-state index is 12.2. The van der Waals surface area contributed by atoms with Gasteiger partial charge in [0.1, 0.15) is 11.6 Å². The third kappa shape index (κ3) is 6.90. The van der Waals surface area contributed by atoms with Gasteiger partial charge in [-0.1, -0.05) is 55.0 Å². The van der Waals surface area contributed by atoms with Crippen molar-refractivity contribution < 1.29 is 14.3 Å². The molecule has 1 amide bonds. The molecule has 0 saturated carbocycles. The van der Waals surface area contributed by atoms with Crippen LogP contribution in [0, 0.1) is 0 Å². The third-order valence-corrected chi connectivity index (χ3v) is 5.83. The predicted molar refractivity (Wildman–Crippen MR) is 128 cm³/mol. The normalized spacial score (nSPS) is 10.9. The number of hydrogen-bond acceptors (Lipinski definition) is 6. The maximum absolute atomic E-state index is 12.2. The summed E-state index contributed by atoms with van der Waals surface area (Å²) in [5.41, 5.74) is 1.86. The van der Waals surface area contributed by atoms with E-state index in [1.807, 2.05) is 42.5 Å². The van der Waals surface area contributed by atoms with Gasteiger partial charge in [-0.25, -0.2) is 0 Å². The number of amides is 1. The Morgan fingerprint density at radius 3 is 2.77 bits per heavy atom. The molecule has 0 aliphatic rings. The average molecular weight is 502 g/mol. The van der Waals surface area contributed by atoms with Gasteiger partial charge in [-0.2, -0.15) is 0 Å². The van der Waals surface area contributed by atoms with Crippen molar-refractivity contribution in [2.24, 2.45) is 0 Å². The highest BCUT2D eigenvalue weighted by molar-refractivity contribution is 9.10. The van der Waals surface area contributed by atoms with Crippen LogP contribution in [-0.2, 0) is 17.8 Å². The zero-order valence-corrected chi connectivity index (χ0v) is 19.8. The lowest BCUT2D eigenvalue weighted by atomic mass is 10.2. The summed E-state index contributed by atoms with van der Waals surface area (Å²) in [5, 5.41) is 12.3. The number of halogens is 1. The molecule has 0 spiro atoms. The Hall–Kier alpha value is -2.71. The van der Waals surface area contributed by atoms with E-state index in [1.165, 1.54) is 17.4 Å². The number of methoxy groups -OCH3 is 1. The Bertz CT molecular complexity index is 1040. The number of benzene rings is 2. The molecule has 0 aliphatic heterocycles. The number of nitrogens with one attached hydrogen (secondary N) is 1. The van der Waals surface area contributed by atoms with Gasteiger partial charge in [0.2, 0.25) is 11.0 Å². The summed E-state index contributed by atoms with van der Waals surface area (Å²) < 4.78 is 12.2. The van der Waals surface area contributed by atoms with Gasteiger partial charge >= 0.3 is 0 Å². The van der Waals surface area contributed by atoms with Gasteiger partial charge in [0.15, 0.2) is 11.5 Å². The molecule has 1 aromatic heterocycles. The molecule has 162 valence electrons. The number of carbonyl (C=O) groups is 1. The minimum Gasteiger partial charge on any atom is -0.493 e. The number of anilines is 1. The highest BCUT2D eigenvalue weighted by Crippen LogP contribution is 2.37. The lowest BCUT2D eigenvalue weighted by Crippen LogP contribution is -2.07. The molecule has 1 N–H and O–H groups in total. The van der Waals surface area contributed by atoms with Gasteiger partial charge in [-0.3, -0.25) is 10.1 Å². The fourth-order valence-corrected chi connectivity index (χ4v) is 4.12. The predicted octanol–water partition coefficient (Wildman–Crippen LogP) is 5.88. The molecule has 0 atom stereocenters. The van der Waals surface area contributed by atoms with Crippen molar-refractivity contribution in [3.8, 4) is 11.5 Å². The molecule has 8 heteroatoms. The molecular weight excluding hydrogens is 478 g/mol. The van der Waals surface area contributed by atoms with Gasteiger partial charge in [0.25, 0.3) is 0 Å². The summed E-state index contributed by atoms with van der Waals surface area (Å²) in [6.07, 6.45) is 6.21. The number of unbranched alkanes of at least 4 members (excludes halogenated alkanes) is 1. The summed E-state index contributed by atoms with van der Waals surface area (Å²) in [7, 11) is 1.59. The van der Waals surface area contributed by atoms with Crippen LogP contribution < -0.4 is 14.8 Å². The first kappa shape index (κ1) is 23.0. The summed E-state index contributed by atoms with van der Waals surface area (Å²) in [4.78, 5) is 12.2. The minimum atomic E-state index is -0.266. The second-order valence-corrected chi connectivity index (χ2v) is 8.65. The fourth-order valence-electron chi connectivity index (χ4n) is 2.76. The van der Waals surface area contributed by atoms with E-state index in [4.69, 9.17) is 9.47 Å².